The summed E-state index contributed by atoms with van der Waals surface area (Å²) in [6, 6.07) is 0. The van der Waals surface area contributed by atoms with Crippen molar-refractivity contribution in [2.45, 2.75) is 33.1 Å². The molecule has 0 radical (unpaired) electrons. The van der Waals surface area contributed by atoms with E-state index in [2.05, 4.69) is 27.6 Å². The van der Waals surface area contributed by atoms with Gasteiger partial charge in [0, 0.05) is 11.9 Å². The Kier molecular flexibility index (Phi) is 7.86. The molecule has 0 aromatic heterocycles. The van der Waals surface area contributed by atoms with Gasteiger partial charge in [0.1, 0.15) is 0 Å². The van der Waals surface area contributed by atoms with Gasteiger partial charge in [0.2, 0.25) is 10.0 Å². The van der Waals surface area contributed by atoms with Crippen LogP contribution in [0.4, 0.5) is 0 Å². The maximum Gasteiger partial charge on any atom is 0.211 e. The van der Waals surface area contributed by atoms with E-state index < -0.39 is 10.0 Å². The van der Waals surface area contributed by atoms with Gasteiger partial charge in [-0.05, 0) is 18.8 Å². The van der Waals surface area contributed by atoms with E-state index in [1.807, 2.05) is 6.92 Å². The van der Waals surface area contributed by atoms with E-state index in [9.17, 15) is 8.42 Å². The summed E-state index contributed by atoms with van der Waals surface area (Å²) < 4.78 is 25.3. The third-order valence-electron chi connectivity index (χ3n) is 2.16. The molecule has 86 valence electrons. The van der Waals surface area contributed by atoms with E-state index >= 15 is 0 Å². The number of sulfonamides is 1. The highest BCUT2D eigenvalue weighted by Crippen LogP contribution is 2.09. The Bertz CT molecular complexity index is 229. The third kappa shape index (κ3) is 6.79. The summed E-state index contributed by atoms with van der Waals surface area (Å²) in [6.45, 7) is 4.53. The number of rotatable bonds is 8. The fourth-order valence-electron chi connectivity index (χ4n) is 1.19. The summed E-state index contributed by atoms with van der Waals surface area (Å²) in [6.07, 6.45) is 2.70. The Morgan fingerprint density at radius 2 is 2.00 bits per heavy atom. The molecule has 14 heavy (non-hydrogen) atoms. The molecule has 0 saturated heterocycles. The van der Waals surface area contributed by atoms with Crippen molar-refractivity contribution in [1.29, 1.82) is 0 Å². The quantitative estimate of drug-likeness (QED) is 0.695. The minimum absolute atomic E-state index is 0.234. The molecule has 3 nitrogen and oxygen atoms in total. The van der Waals surface area contributed by atoms with Gasteiger partial charge in [-0.2, -0.15) is 0 Å². The summed E-state index contributed by atoms with van der Waals surface area (Å²) >= 11 is 3.36. The van der Waals surface area contributed by atoms with Crippen molar-refractivity contribution in [3.8, 4) is 0 Å². The topological polar surface area (TPSA) is 46.2 Å². The molecule has 0 saturated carbocycles. The van der Waals surface area contributed by atoms with Gasteiger partial charge in [-0.25, -0.2) is 13.1 Å². The molecule has 0 aromatic carbocycles. The lowest BCUT2D eigenvalue weighted by molar-refractivity contribution is 0.483. The van der Waals surface area contributed by atoms with Crippen molar-refractivity contribution in [1.82, 2.24) is 4.72 Å². The summed E-state index contributed by atoms with van der Waals surface area (Å²) in [5, 5.41) is 0.932. The summed E-state index contributed by atoms with van der Waals surface area (Å²) in [5.74, 6) is 0.679. The standard InChI is InChI=1S/C9H20BrNO2S/c1-3-7-14(12,13)11-8-9(4-2)5-6-10/h9,11H,3-8H2,1-2H3. The molecule has 0 aliphatic rings. The van der Waals surface area contributed by atoms with Crippen LogP contribution in [0.25, 0.3) is 0 Å². The van der Waals surface area contributed by atoms with Crippen molar-refractivity contribution >= 4 is 26.0 Å². The molecule has 1 atom stereocenters. The van der Waals surface area contributed by atoms with Crippen LogP contribution in [-0.2, 0) is 10.0 Å². The Hall–Kier alpha value is 0.390. The van der Waals surface area contributed by atoms with Crippen LogP contribution < -0.4 is 4.72 Å². The lowest BCUT2D eigenvalue weighted by Crippen LogP contribution is -2.31. The fraction of sp³-hybridized carbons (Fsp3) is 1.00. The smallest absolute Gasteiger partial charge is 0.211 e. The zero-order chi connectivity index (χ0) is 11.0. The van der Waals surface area contributed by atoms with E-state index in [0.717, 1.165) is 18.2 Å². The molecule has 1 N–H and O–H groups in total. The monoisotopic (exact) mass is 285 g/mol. The van der Waals surface area contributed by atoms with Crippen molar-refractivity contribution in [3.05, 3.63) is 0 Å². The third-order valence-corrected chi connectivity index (χ3v) is 4.17. The summed E-state index contributed by atoms with van der Waals surface area (Å²) in [4.78, 5) is 0. The number of hydrogen-bond donors (Lipinski definition) is 1. The zero-order valence-electron chi connectivity index (χ0n) is 8.92. The average molecular weight is 286 g/mol. The van der Waals surface area contributed by atoms with Gasteiger partial charge in [0.25, 0.3) is 0 Å². The van der Waals surface area contributed by atoms with Gasteiger partial charge in [0.15, 0.2) is 0 Å². The molecule has 0 bridgehead atoms. The molecule has 0 spiro atoms. The molecular formula is C9H20BrNO2S. The van der Waals surface area contributed by atoms with Crippen LogP contribution in [0.5, 0.6) is 0 Å². The first-order valence-corrected chi connectivity index (χ1v) is 7.86. The second-order valence-corrected chi connectivity index (χ2v) is 6.14. The first-order chi connectivity index (χ1) is 6.55. The van der Waals surface area contributed by atoms with Gasteiger partial charge in [-0.3, -0.25) is 0 Å². The highest BCUT2D eigenvalue weighted by molar-refractivity contribution is 9.09. The molecule has 0 aromatic rings. The van der Waals surface area contributed by atoms with Gasteiger partial charge in [-0.1, -0.05) is 36.2 Å². The summed E-state index contributed by atoms with van der Waals surface area (Å²) in [5.41, 5.74) is 0. The largest absolute Gasteiger partial charge is 0.215 e. The first kappa shape index (κ1) is 14.4. The molecule has 0 rings (SSSR count). The Morgan fingerprint density at radius 1 is 1.36 bits per heavy atom. The second-order valence-electron chi connectivity index (χ2n) is 3.42. The maximum absolute atomic E-state index is 11.3. The van der Waals surface area contributed by atoms with E-state index in [1.54, 1.807) is 0 Å². The number of nitrogens with one attached hydrogen (secondary N) is 1. The predicted molar refractivity (Wildman–Crippen MR) is 64.3 cm³/mol. The molecular weight excluding hydrogens is 266 g/mol. The molecule has 0 fully saturated rings. The van der Waals surface area contributed by atoms with Crippen LogP contribution in [0.1, 0.15) is 33.1 Å². The van der Waals surface area contributed by atoms with E-state index in [4.69, 9.17) is 0 Å². The number of alkyl halides is 1. The number of hydrogen-bond acceptors (Lipinski definition) is 2. The van der Waals surface area contributed by atoms with Gasteiger partial charge < -0.3 is 0 Å². The van der Waals surface area contributed by atoms with Gasteiger partial charge in [0.05, 0.1) is 5.75 Å². The van der Waals surface area contributed by atoms with Gasteiger partial charge in [-0.15, -0.1) is 0 Å². The Labute approximate surface area is 95.8 Å². The van der Waals surface area contributed by atoms with E-state index in [1.165, 1.54) is 0 Å². The minimum atomic E-state index is -3.02. The fourth-order valence-corrected chi connectivity index (χ4v) is 3.01. The van der Waals surface area contributed by atoms with Crippen molar-refractivity contribution in [3.63, 3.8) is 0 Å². The highest BCUT2D eigenvalue weighted by atomic mass is 79.9. The Balaban J connectivity index is 3.89. The predicted octanol–water partition coefficient (Wildman–Crippen LogP) is 2.13. The van der Waals surface area contributed by atoms with Crippen LogP contribution >= 0.6 is 15.9 Å². The molecule has 0 aliphatic heterocycles. The van der Waals surface area contributed by atoms with Crippen molar-refractivity contribution in [2.24, 2.45) is 5.92 Å². The average Bonchev–Trinajstić information content (AvgIpc) is 2.12. The van der Waals surface area contributed by atoms with Crippen LogP contribution in [0.15, 0.2) is 0 Å². The normalized spacial score (nSPS) is 14.2. The molecule has 0 heterocycles. The lowest BCUT2D eigenvalue weighted by atomic mass is 10.0. The van der Waals surface area contributed by atoms with Crippen molar-refractivity contribution in [2.75, 3.05) is 17.6 Å². The SMILES string of the molecule is CCCS(=O)(=O)NCC(CC)CCBr. The van der Waals surface area contributed by atoms with Crippen LogP contribution in [0, 0.1) is 5.92 Å². The number of halogens is 1. The van der Waals surface area contributed by atoms with E-state index in [0.29, 0.717) is 18.9 Å². The molecule has 5 heteroatoms. The summed E-state index contributed by atoms with van der Waals surface area (Å²) in [7, 11) is -3.02. The Morgan fingerprint density at radius 3 is 2.43 bits per heavy atom. The van der Waals surface area contributed by atoms with Crippen LogP contribution in [0.3, 0.4) is 0 Å². The molecule has 1 unspecified atom stereocenters. The molecule has 0 aliphatic carbocycles. The van der Waals surface area contributed by atoms with E-state index in [-0.39, 0.29) is 5.75 Å². The second kappa shape index (κ2) is 7.65. The first-order valence-electron chi connectivity index (χ1n) is 5.09. The van der Waals surface area contributed by atoms with Crippen molar-refractivity contribution < 1.29 is 8.42 Å². The zero-order valence-corrected chi connectivity index (χ0v) is 11.3. The lowest BCUT2D eigenvalue weighted by Gasteiger charge is -2.14. The van der Waals surface area contributed by atoms with Gasteiger partial charge >= 0.3 is 0 Å². The van der Waals surface area contributed by atoms with Crippen LogP contribution in [-0.4, -0.2) is 26.0 Å². The maximum atomic E-state index is 11.3. The minimum Gasteiger partial charge on any atom is -0.215 e. The highest BCUT2D eigenvalue weighted by Gasteiger charge is 2.11. The molecule has 0 amide bonds. The van der Waals surface area contributed by atoms with Crippen LogP contribution in [0.2, 0.25) is 0 Å².